The Kier molecular flexibility index (Phi) is 4.83. The SMILES string of the molecule is CCc1nc(CN2CCN(c3ncnc4sc5c(c34)CCCC5)CC2)cs1. The number of hydrogen-bond acceptors (Lipinski definition) is 7. The number of nitrogens with zero attached hydrogens (tertiary/aromatic N) is 5. The van der Waals surface area contributed by atoms with E-state index in [0.29, 0.717) is 0 Å². The maximum atomic E-state index is 4.73. The van der Waals surface area contributed by atoms with E-state index in [-0.39, 0.29) is 0 Å². The van der Waals surface area contributed by atoms with E-state index in [1.54, 1.807) is 22.5 Å². The van der Waals surface area contributed by atoms with Gasteiger partial charge in [0.25, 0.3) is 0 Å². The Morgan fingerprint density at radius 2 is 1.93 bits per heavy atom. The van der Waals surface area contributed by atoms with Gasteiger partial charge in [0.1, 0.15) is 17.0 Å². The summed E-state index contributed by atoms with van der Waals surface area (Å²) in [6.45, 7) is 7.33. The van der Waals surface area contributed by atoms with Crippen molar-refractivity contribution in [1.82, 2.24) is 19.9 Å². The Balaban J connectivity index is 1.33. The van der Waals surface area contributed by atoms with Gasteiger partial charge in [0.05, 0.1) is 16.1 Å². The van der Waals surface area contributed by atoms with E-state index < -0.39 is 0 Å². The lowest BCUT2D eigenvalue weighted by Gasteiger charge is -2.35. The van der Waals surface area contributed by atoms with Crippen LogP contribution in [0.3, 0.4) is 0 Å². The largest absolute Gasteiger partial charge is 0.353 e. The van der Waals surface area contributed by atoms with Crippen LogP contribution in [0.2, 0.25) is 0 Å². The van der Waals surface area contributed by atoms with Gasteiger partial charge in [-0.3, -0.25) is 4.90 Å². The number of anilines is 1. The number of piperazine rings is 1. The minimum absolute atomic E-state index is 0.970. The maximum absolute atomic E-state index is 4.73. The topological polar surface area (TPSA) is 45.2 Å². The van der Waals surface area contributed by atoms with Gasteiger partial charge in [0, 0.05) is 43.0 Å². The molecule has 1 fully saturated rings. The number of aryl methyl sites for hydroxylation is 3. The molecule has 0 saturated carbocycles. The molecule has 142 valence electrons. The molecule has 0 unspecified atom stereocenters. The lowest BCUT2D eigenvalue weighted by Crippen LogP contribution is -2.46. The predicted octanol–water partition coefficient (Wildman–Crippen LogP) is 3.91. The number of hydrogen-bond donors (Lipinski definition) is 0. The number of rotatable bonds is 4. The highest BCUT2D eigenvalue weighted by Gasteiger charge is 2.25. The third-order valence-corrected chi connectivity index (χ3v) is 7.93. The van der Waals surface area contributed by atoms with Crippen molar-refractivity contribution >= 4 is 38.7 Å². The van der Waals surface area contributed by atoms with Crippen LogP contribution in [-0.2, 0) is 25.8 Å². The summed E-state index contributed by atoms with van der Waals surface area (Å²) in [5.41, 5.74) is 2.76. The average Bonchev–Trinajstić information content (AvgIpc) is 3.32. The molecule has 7 heteroatoms. The van der Waals surface area contributed by atoms with Gasteiger partial charge in [-0.05, 0) is 37.7 Å². The Morgan fingerprint density at radius 1 is 1.07 bits per heavy atom. The first-order valence-corrected chi connectivity index (χ1v) is 11.7. The number of thiophene rings is 1. The average molecular weight is 400 g/mol. The predicted molar refractivity (Wildman–Crippen MR) is 113 cm³/mol. The van der Waals surface area contributed by atoms with Gasteiger partial charge in [-0.2, -0.15) is 0 Å². The summed E-state index contributed by atoms with van der Waals surface area (Å²) in [4.78, 5) is 21.8. The number of thiazole rings is 1. The van der Waals surface area contributed by atoms with E-state index in [1.807, 2.05) is 11.3 Å². The number of aromatic nitrogens is 3. The molecule has 1 aliphatic carbocycles. The molecule has 3 aromatic rings. The van der Waals surface area contributed by atoms with E-state index in [0.717, 1.165) is 39.1 Å². The smallest absolute Gasteiger partial charge is 0.141 e. The maximum Gasteiger partial charge on any atom is 0.141 e. The molecule has 0 atom stereocenters. The third-order valence-electron chi connectivity index (χ3n) is 5.69. The Labute approximate surface area is 168 Å². The van der Waals surface area contributed by atoms with Gasteiger partial charge in [-0.1, -0.05) is 6.92 Å². The zero-order valence-corrected chi connectivity index (χ0v) is 17.4. The van der Waals surface area contributed by atoms with Gasteiger partial charge in [0.2, 0.25) is 0 Å². The second-order valence-corrected chi connectivity index (χ2v) is 9.46. The van der Waals surface area contributed by atoms with Crippen LogP contribution in [0, 0.1) is 0 Å². The summed E-state index contributed by atoms with van der Waals surface area (Å²) in [5.74, 6) is 1.17. The Hall–Kier alpha value is -1.57. The van der Waals surface area contributed by atoms with Crippen LogP contribution in [0.1, 0.15) is 40.9 Å². The second-order valence-electron chi connectivity index (χ2n) is 7.44. The van der Waals surface area contributed by atoms with Crippen molar-refractivity contribution in [2.75, 3.05) is 31.1 Å². The molecular weight excluding hydrogens is 374 g/mol. The molecule has 1 saturated heterocycles. The fourth-order valence-electron chi connectivity index (χ4n) is 4.24. The molecule has 0 radical (unpaired) electrons. The summed E-state index contributed by atoms with van der Waals surface area (Å²) in [7, 11) is 0. The molecule has 0 bridgehead atoms. The Bertz CT molecular complexity index is 939. The Morgan fingerprint density at radius 3 is 2.74 bits per heavy atom. The first kappa shape index (κ1) is 17.5. The highest BCUT2D eigenvalue weighted by Crippen LogP contribution is 2.39. The van der Waals surface area contributed by atoms with Crippen LogP contribution in [0.4, 0.5) is 5.82 Å². The number of fused-ring (bicyclic) bond motifs is 3. The lowest BCUT2D eigenvalue weighted by atomic mass is 9.97. The van der Waals surface area contributed by atoms with Gasteiger partial charge in [-0.25, -0.2) is 15.0 Å². The van der Waals surface area contributed by atoms with Crippen LogP contribution < -0.4 is 4.90 Å². The molecule has 5 nitrogen and oxygen atoms in total. The second kappa shape index (κ2) is 7.45. The van der Waals surface area contributed by atoms with Crippen LogP contribution in [0.5, 0.6) is 0 Å². The summed E-state index contributed by atoms with van der Waals surface area (Å²) in [6.07, 6.45) is 7.82. The van der Waals surface area contributed by atoms with Crippen molar-refractivity contribution in [3.05, 3.63) is 32.8 Å². The molecule has 0 aromatic carbocycles. The molecular formula is C20H25N5S2. The third kappa shape index (κ3) is 3.37. The fraction of sp³-hybridized carbons (Fsp3) is 0.550. The zero-order chi connectivity index (χ0) is 18.2. The first-order valence-electron chi connectivity index (χ1n) is 9.97. The normalized spacial score (nSPS) is 18.2. The van der Waals surface area contributed by atoms with Crippen LogP contribution >= 0.6 is 22.7 Å². The van der Waals surface area contributed by atoms with E-state index in [1.165, 1.54) is 58.0 Å². The summed E-state index contributed by atoms with van der Waals surface area (Å²) < 4.78 is 0. The van der Waals surface area contributed by atoms with Crippen LogP contribution in [0.25, 0.3) is 10.2 Å². The highest BCUT2D eigenvalue weighted by molar-refractivity contribution is 7.19. The summed E-state index contributed by atoms with van der Waals surface area (Å²) in [5, 5.41) is 4.81. The summed E-state index contributed by atoms with van der Waals surface area (Å²) >= 11 is 3.68. The van der Waals surface area contributed by atoms with Crippen LogP contribution in [-0.4, -0.2) is 46.0 Å². The fourth-order valence-corrected chi connectivity index (χ4v) is 6.20. The molecule has 4 heterocycles. The van der Waals surface area contributed by atoms with Gasteiger partial charge < -0.3 is 4.90 Å². The molecule has 27 heavy (non-hydrogen) atoms. The molecule has 1 aliphatic heterocycles. The van der Waals surface area contributed by atoms with Crippen molar-refractivity contribution < 1.29 is 0 Å². The van der Waals surface area contributed by atoms with E-state index in [2.05, 4.69) is 27.1 Å². The minimum atomic E-state index is 0.970. The standard InChI is InChI=1S/C20H25N5S2/c1-2-17-23-14(12-26-17)11-24-7-9-25(10-8-24)19-18-15-5-3-4-6-16(15)27-20(18)22-13-21-19/h12-13H,2-11H2,1H3. The molecule has 5 rings (SSSR count). The van der Waals surface area contributed by atoms with Gasteiger partial charge in [0.15, 0.2) is 0 Å². The van der Waals surface area contributed by atoms with Crippen molar-refractivity contribution in [3.8, 4) is 0 Å². The van der Waals surface area contributed by atoms with E-state index >= 15 is 0 Å². The minimum Gasteiger partial charge on any atom is -0.353 e. The van der Waals surface area contributed by atoms with Crippen molar-refractivity contribution in [3.63, 3.8) is 0 Å². The first-order chi connectivity index (χ1) is 13.3. The quantitative estimate of drug-likeness (QED) is 0.666. The summed E-state index contributed by atoms with van der Waals surface area (Å²) in [6, 6.07) is 0. The van der Waals surface area contributed by atoms with E-state index in [4.69, 9.17) is 9.97 Å². The van der Waals surface area contributed by atoms with E-state index in [9.17, 15) is 0 Å². The van der Waals surface area contributed by atoms with Crippen molar-refractivity contribution in [2.24, 2.45) is 0 Å². The van der Waals surface area contributed by atoms with Gasteiger partial charge in [-0.15, -0.1) is 22.7 Å². The van der Waals surface area contributed by atoms with Crippen molar-refractivity contribution in [2.45, 2.75) is 45.6 Å². The zero-order valence-electron chi connectivity index (χ0n) is 15.8. The monoisotopic (exact) mass is 399 g/mol. The molecule has 3 aromatic heterocycles. The molecule has 2 aliphatic rings. The van der Waals surface area contributed by atoms with Crippen LogP contribution in [0.15, 0.2) is 11.7 Å². The lowest BCUT2D eigenvalue weighted by molar-refractivity contribution is 0.247. The van der Waals surface area contributed by atoms with Crippen molar-refractivity contribution in [1.29, 1.82) is 0 Å². The molecule has 0 N–H and O–H groups in total. The van der Waals surface area contributed by atoms with Gasteiger partial charge >= 0.3 is 0 Å². The molecule has 0 amide bonds. The highest BCUT2D eigenvalue weighted by atomic mass is 32.1. The molecule has 0 spiro atoms.